The molecule has 0 unspecified atom stereocenters. The highest BCUT2D eigenvalue weighted by atomic mass is 16.1. The molecule has 0 heterocycles. The van der Waals surface area contributed by atoms with Crippen molar-refractivity contribution in [3.05, 3.63) is 6.92 Å². The zero-order valence-corrected chi connectivity index (χ0v) is 6.85. The van der Waals surface area contributed by atoms with E-state index in [0.29, 0.717) is 4.48 Å². The molecule has 55 valence electrons. The molecule has 0 aromatic rings. The monoisotopic (exact) mass is 131 g/mol. The average molecular weight is 131 g/mol. The second-order valence-electron chi connectivity index (χ2n) is 2.72. The fraction of sp³-hybridized carbons (Fsp3) is 0.714. The van der Waals surface area contributed by atoms with E-state index in [0.717, 1.165) is 12.8 Å². The number of carbonyl (C=O) groups excluding carboxylic acids is 1. The van der Waals surface area contributed by atoms with Gasteiger partial charge < -0.3 is 0 Å². The predicted octanol–water partition coefficient (Wildman–Crippen LogP) is 1.08. The second kappa shape index (κ2) is 5.76. The van der Waals surface area contributed by atoms with Gasteiger partial charge in [0.2, 0.25) is 0 Å². The molecule has 0 spiro atoms. The summed E-state index contributed by atoms with van der Waals surface area (Å²) in [7, 11) is 5.44. The van der Waals surface area contributed by atoms with E-state index in [-0.39, 0.29) is 0 Å². The van der Waals surface area contributed by atoms with Gasteiger partial charge in [0.1, 0.15) is 0 Å². The Morgan fingerprint density at radius 2 is 1.56 bits per heavy atom. The van der Waals surface area contributed by atoms with Crippen LogP contribution in [0.3, 0.4) is 0 Å². The van der Waals surface area contributed by atoms with Gasteiger partial charge in [0.15, 0.2) is 0 Å². The lowest BCUT2D eigenvalue weighted by Crippen LogP contribution is -2.31. The fourth-order valence-corrected chi connectivity index (χ4v) is 0. The summed E-state index contributed by atoms with van der Waals surface area (Å²) in [6, 6.07) is 0. The standard InChI is InChI=1S/C4H10NO.C3H7/c1-5(2,3)4-6;1-3-2/h4H,1-3H3;1,3H2,2H3/q+1;. The molecule has 0 aliphatic rings. The normalized spacial score (nSPS) is 9.44. The average Bonchev–Trinajstić information content (AvgIpc) is 1.67. The number of rotatable bonds is 1. The first-order valence-corrected chi connectivity index (χ1v) is 3.04. The zero-order valence-electron chi connectivity index (χ0n) is 6.85. The van der Waals surface area contributed by atoms with Crippen molar-refractivity contribution in [1.82, 2.24) is 0 Å². The van der Waals surface area contributed by atoms with Crippen LogP contribution in [0.2, 0.25) is 0 Å². The van der Waals surface area contributed by atoms with Crippen molar-refractivity contribution in [3.8, 4) is 0 Å². The number of amides is 1. The molecule has 0 fully saturated rings. The molecule has 2 heteroatoms. The molecule has 2 nitrogen and oxygen atoms in total. The highest BCUT2D eigenvalue weighted by Crippen LogP contribution is 1.76. The molecular weight excluding hydrogens is 114 g/mol. The van der Waals surface area contributed by atoms with Crippen LogP contribution in [0.25, 0.3) is 0 Å². The quantitative estimate of drug-likeness (QED) is 0.384. The lowest BCUT2D eigenvalue weighted by Gasteiger charge is -2.11. The molecule has 0 aliphatic carbocycles. The number of hydrogen-bond acceptors (Lipinski definition) is 1. The van der Waals surface area contributed by atoms with E-state index in [2.05, 4.69) is 6.92 Å². The first-order valence-electron chi connectivity index (χ1n) is 3.04. The number of hydrogen-bond donors (Lipinski definition) is 0. The van der Waals surface area contributed by atoms with E-state index < -0.39 is 0 Å². The van der Waals surface area contributed by atoms with Crippen molar-refractivity contribution >= 4 is 6.41 Å². The van der Waals surface area contributed by atoms with Crippen LogP contribution in [-0.4, -0.2) is 32.0 Å². The molecule has 0 saturated carbocycles. The summed E-state index contributed by atoms with van der Waals surface area (Å²) in [4.78, 5) is 9.80. The van der Waals surface area contributed by atoms with Gasteiger partial charge in [-0.3, -0.25) is 4.48 Å². The van der Waals surface area contributed by atoms with Crippen molar-refractivity contribution < 1.29 is 9.28 Å². The molecule has 0 saturated heterocycles. The van der Waals surface area contributed by atoms with Gasteiger partial charge in [0.05, 0.1) is 21.1 Å². The van der Waals surface area contributed by atoms with Crippen LogP contribution in [0.4, 0.5) is 0 Å². The van der Waals surface area contributed by atoms with Crippen molar-refractivity contribution in [3.63, 3.8) is 0 Å². The molecule has 1 radical (unpaired) electrons. The summed E-state index contributed by atoms with van der Waals surface area (Å²) in [5, 5.41) is 0. The van der Waals surface area contributed by atoms with Gasteiger partial charge >= 0.3 is 6.41 Å². The van der Waals surface area contributed by atoms with Crippen LogP contribution >= 0.6 is 0 Å². The van der Waals surface area contributed by atoms with E-state index in [4.69, 9.17) is 0 Å². The van der Waals surface area contributed by atoms with E-state index >= 15 is 0 Å². The Bertz CT molecular complexity index is 63.8. The van der Waals surface area contributed by atoms with Crippen LogP contribution in [0, 0.1) is 6.92 Å². The van der Waals surface area contributed by atoms with Crippen molar-refractivity contribution in [1.29, 1.82) is 0 Å². The molecule has 0 aromatic carbocycles. The van der Waals surface area contributed by atoms with Crippen molar-refractivity contribution in [2.75, 3.05) is 21.1 Å². The molecule has 9 heavy (non-hydrogen) atoms. The van der Waals surface area contributed by atoms with Gasteiger partial charge in [-0.1, -0.05) is 20.3 Å². The van der Waals surface area contributed by atoms with Gasteiger partial charge in [-0.2, -0.15) is 0 Å². The largest absolute Gasteiger partial charge is 0.300 e. The third kappa shape index (κ3) is 35.0. The molecule has 0 aliphatic heterocycles. The van der Waals surface area contributed by atoms with Crippen LogP contribution in [-0.2, 0) is 4.79 Å². The smallest absolute Gasteiger partial charge is 0.270 e. The Balaban J connectivity index is 0. The maximum Gasteiger partial charge on any atom is 0.300 e. The van der Waals surface area contributed by atoms with Crippen LogP contribution < -0.4 is 0 Å². The van der Waals surface area contributed by atoms with E-state index in [1.165, 1.54) is 0 Å². The minimum absolute atomic E-state index is 0.389. The Kier molecular flexibility index (Phi) is 7.32. The summed E-state index contributed by atoms with van der Waals surface area (Å²) in [6.07, 6.45) is 1.88. The second-order valence-corrected chi connectivity index (χ2v) is 2.72. The third-order valence-electron chi connectivity index (χ3n) is 0.316. The van der Waals surface area contributed by atoms with Crippen LogP contribution in [0.5, 0.6) is 0 Å². The summed E-state index contributed by atoms with van der Waals surface area (Å²) >= 11 is 0. The van der Waals surface area contributed by atoms with Crippen molar-refractivity contribution in [2.24, 2.45) is 0 Å². The maximum atomic E-state index is 9.80. The van der Waals surface area contributed by atoms with Gasteiger partial charge in [0.25, 0.3) is 0 Å². The highest BCUT2D eigenvalue weighted by molar-refractivity contribution is 5.35. The van der Waals surface area contributed by atoms with E-state index in [9.17, 15) is 4.79 Å². The van der Waals surface area contributed by atoms with Gasteiger partial charge in [-0.05, 0) is 0 Å². The van der Waals surface area contributed by atoms with E-state index in [1.54, 1.807) is 0 Å². The predicted molar refractivity (Wildman–Crippen MR) is 39.7 cm³/mol. The zero-order chi connectivity index (χ0) is 7.91. The van der Waals surface area contributed by atoms with Crippen molar-refractivity contribution in [2.45, 2.75) is 13.3 Å². The highest BCUT2D eigenvalue weighted by Gasteiger charge is 1.99. The van der Waals surface area contributed by atoms with Crippen LogP contribution in [0.15, 0.2) is 0 Å². The Morgan fingerprint density at radius 3 is 1.56 bits per heavy atom. The molecule has 0 aromatic heterocycles. The number of nitrogens with zero attached hydrogens (tertiary/aromatic N) is 1. The SMILES string of the molecule is C[N+](C)(C)C=O.[CH2]CC. The lowest BCUT2D eigenvalue weighted by atomic mass is 10.6. The molecule has 1 amide bonds. The minimum Gasteiger partial charge on any atom is -0.270 e. The maximum absolute atomic E-state index is 9.80. The van der Waals surface area contributed by atoms with Crippen LogP contribution in [0.1, 0.15) is 13.3 Å². The molecular formula is C7H17NO+. The van der Waals surface area contributed by atoms with Gasteiger partial charge in [0, 0.05) is 0 Å². The van der Waals surface area contributed by atoms with E-state index in [1.807, 2.05) is 28.1 Å². The Hall–Kier alpha value is -0.370. The summed E-state index contributed by atoms with van der Waals surface area (Å²) < 4.78 is 0.389. The fourth-order valence-electron chi connectivity index (χ4n) is 0. The Labute approximate surface area is 58.1 Å². The molecule has 0 atom stereocenters. The third-order valence-corrected chi connectivity index (χ3v) is 0.316. The number of quaternary nitrogens is 1. The molecule has 0 rings (SSSR count). The Morgan fingerprint density at radius 1 is 1.44 bits per heavy atom. The molecule has 0 N–H and O–H groups in total. The first kappa shape index (κ1) is 11.4. The number of carbonyl (C=O) groups is 1. The van der Waals surface area contributed by atoms with Gasteiger partial charge in [-0.15, -0.1) is 0 Å². The van der Waals surface area contributed by atoms with Gasteiger partial charge in [-0.25, -0.2) is 4.79 Å². The summed E-state index contributed by atoms with van der Waals surface area (Å²) in [5.41, 5.74) is 0. The molecule has 0 bridgehead atoms. The summed E-state index contributed by atoms with van der Waals surface area (Å²) in [5.74, 6) is 0. The minimum atomic E-state index is 0.389. The first-order chi connectivity index (χ1) is 3.97. The lowest BCUT2D eigenvalue weighted by molar-refractivity contribution is -0.782. The summed E-state index contributed by atoms with van der Waals surface area (Å²) in [6.45, 7) is 5.50. The topological polar surface area (TPSA) is 17.1 Å².